The summed E-state index contributed by atoms with van der Waals surface area (Å²) in [4.78, 5) is 19.5. The predicted octanol–water partition coefficient (Wildman–Crippen LogP) is 5.25. The molecule has 4 heterocycles. The Bertz CT molecular complexity index is 1060. The molecule has 176 valence electrons. The van der Waals surface area contributed by atoms with Crippen molar-refractivity contribution >= 4 is 24.9 Å². The maximum atomic E-state index is 13.1. The summed E-state index contributed by atoms with van der Waals surface area (Å²) in [5.41, 5.74) is 3.00. The van der Waals surface area contributed by atoms with E-state index in [1.807, 2.05) is 49.1 Å². The van der Waals surface area contributed by atoms with Crippen molar-refractivity contribution in [3.8, 4) is 0 Å². The zero-order chi connectivity index (χ0) is 23.8. The van der Waals surface area contributed by atoms with Crippen LogP contribution in [-0.4, -0.2) is 58.3 Å². The molecular weight excluding hydrogens is 450 g/mol. The van der Waals surface area contributed by atoms with Gasteiger partial charge in [0.15, 0.2) is 5.65 Å². The second kappa shape index (κ2) is 11.5. The van der Waals surface area contributed by atoms with Crippen molar-refractivity contribution in [2.24, 2.45) is 0 Å². The molecule has 10 heteroatoms. The fraction of sp³-hybridized carbons (Fsp3) is 0.391. The highest BCUT2D eigenvalue weighted by Gasteiger charge is 2.36. The number of anilines is 1. The summed E-state index contributed by atoms with van der Waals surface area (Å²) in [7, 11) is -2.26. The molecule has 1 fully saturated rings. The highest BCUT2D eigenvalue weighted by atomic mass is 31.1. The van der Waals surface area contributed by atoms with E-state index >= 15 is 0 Å². The summed E-state index contributed by atoms with van der Waals surface area (Å²) in [5, 5.41) is 0.703. The summed E-state index contributed by atoms with van der Waals surface area (Å²) in [5.74, 6) is -2.71. The van der Waals surface area contributed by atoms with Crippen molar-refractivity contribution in [2.45, 2.75) is 26.2 Å². The second-order valence-electron chi connectivity index (χ2n) is 7.46. The van der Waals surface area contributed by atoms with Gasteiger partial charge in [-0.15, -0.1) is 0 Å². The number of ether oxygens (including phenoxy) is 1. The molecule has 1 unspecified atom stereocenters. The lowest BCUT2D eigenvalue weighted by Crippen LogP contribution is -2.37. The predicted molar refractivity (Wildman–Crippen MR) is 126 cm³/mol. The Morgan fingerprint density at radius 1 is 1.06 bits per heavy atom. The SMILES string of the molecule is C=CP(CCc1nc(N2CCOCC2)nc2nc(C)ccc12)C(F)(F)F.Cc1ccccn1. The highest BCUT2D eigenvalue weighted by Crippen LogP contribution is 2.54. The van der Waals surface area contributed by atoms with Gasteiger partial charge < -0.3 is 9.64 Å². The van der Waals surface area contributed by atoms with E-state index in [2.05, 4.69) is 26.5 Å². The first-order valence-corrected chi connectivity index (χ1v) is 12.2. The fourth-order valence-corrected chi connectivity index (χ4v) is 4.34. The number of halogens is 3. The number of morpholine rings is 1. The van der Waals surface area contributed by atoms with Gasteiger partial charge in [-0.05, 0) is 50.7 Å². The minimum absolute atomic E-state index is 0.0368. The fourth-order valence-electron chi connectivity index (χ4n) is 3.25. The molecule has 0 saturated carbocycles. The van der Waals surface area contributed by atoms with Crippen LogP contribution in [0.4, 0.5) is 19.1 Å². The third kappa shape index (κ3) is 7.17. The summed E-state index contributed by atoms with van der Waals surface area (Å²) in [6.07, 6.45) is 1.96. The van der Waals surface area contributed by atoms with E-state index in [9.17, 15) is 13.2 Å². The first-order chi connectivity index (χ1) is 15.8. The Hall–Kier alpha value is -2.64. The Labute approximate surface area is 192 Å². The van der Waals surface area contributed by atoms with Crippen LogP contribution in [0.25, 0.3) is 11.0 Å². The van der Waals surface area contributed by atoms with E-state index in [1.54, 1.807) is 6.20 Å². The Morgan fingerprint density at radius 2 is 1.82 bits per heavy atom. The largest absolute Gasteiger partial charge is 0.408 e. The molecule has 1 aliphatic rings. The van der Waals surface area contributed by atoms with Gasteiger partial charge in [0.1, 0.15) is 0 Å². The van der Waals surface area contributed by atoms with Crippen LogP contribution < -0.4 is 4.90 Å². The van der Waals surface area contributed by atoms with Crippen molar-refractivity contribution in [3.05, 3.63) is 66.0 Å². The molecule has 4 rings (SSSR count). The lowest BCUT2D eigenvalue weighted by molar-refractivity contribution is -0.0392. The molecule has 0 bridgehead atoms. The second-order valence-corrected chi connectivity index (χ2v) is 9.72. The van der Waals surface area contributed by atoms with E-state index in [0.29, 0.717) is 49.0 Å². The average molecular weight is 477 g/mol. The lowest BCUT2D eigenvalue weighted by Gasteiger charge is -2.27. The van der Waals surface area contributed by atoms with Gasteiger partial charge in [0.2, 0.25) is 5.95 Å². The normalized spacial score (nSPS) is 15.0. The molecule has 6 nitrogen and oxygen atoms in total. The van der Waals surface area contributed by atoms with E-state index in [0.717, 1.165) is 17.2 Å². The number of rotatable bonds is 5. The third-order valence-electron chi connectivity index (χ3n) is 5.01. The molecule has 33 heavy (non-hydrogen) atoms. The standard InChI is InChI=1S/C17H20F3N4OP.C6H7N/c1-3-26(17(18,19)20)11-6-14-13-5-4-12(2)21-15(13)23-16(22-14)24-7-9-25-10-8-24;1-6-4-2-3-5-7-6/h3-5H,1,6-11H2,2H3;2-5H,1H3. The lowest BCUT2D eigenvalue weighted by atomic mass is 10.2. The van der Waals surface area contributed by atoms with Gasteiger partial charge in [0.25, 0.3) is 0 Å². The molecule has 0 radical (unpaired) electrons. The number of fused-ring (bicyclic) bond motifs is 1. The number of pyridine rings is 2. The molecule has 1 saturated heterocycles. The zero-order valence-corrected chi connectivity index (χ0v) is 19.6. The highest BCUT2D eigenvalue weighted by molar-refractivity contribution is 7.61. The first-order valence-electron chi connectivity index (χ1n) is 10.6. The molecule has 0 aliphatic carbocycles. The van der Waals surface area contributed by atoms with E-state index in [4.69, 9.17) is 4.74 Å². The molecule has 3 aromatic heterocycles. The number of aromatic nitrogens is 4. The van der Waals surface area contributed by atoms with Gasteiger partial charge >= 0.3 is 5.92 Å². The minimum Gasteiger partial charge on any atom is -0.378 e. The molecular formula is C23H27F3N5OP. The van der Waals surface area contributed by atoms with Crippen LogP contribution in [0.2, 0.25) is 0 Å². The Morgan fingerprint density at radius 3 is 2.39 bits per heavy atom. The Balaban J connectivity index is 0.000000374. The molecule has 0 amide bonds. The third-order valence-corrected chi connectivity index (χ3v) is 6.81. The monoisotopic (exact) mass is 477 g/mol. The number of alkyl halides is 3. The van der Waals surface area contributed by atoms with Gasteiger partial charge in [-0.2, -0.15) is 18.2 Å². The van der Waals surface area contributed by atoms with Crippen molar-refractivity contribution in [1.29, 1.82) is 0 Å². The number of aryl methyl sites for hydroxylation is 3. The summed E-state index contributed by atoms with van der Waals surface area (Å²) in [6, 6.07) is 9.51. The van der Waals surface area contributed by atoms with Crippen LogP contribution in [0.15, 0.2) is 48.9 Å². The van der Waals surface area contributed by atoms with Gasteiger partial charge in [-0.25, -0.2) is 9.97 Å². The van der Waals surface area contributed by atoms with Crippen LogP contribution in [0.3, 0.4) is 0 Å². The van der Waals surface area contributed by atoms with Gasteiger partial charge in [0.05, 0.1) is 18.9 Å². The number of nitrogens with zero attached hydrogens (tertiary/aromatic N) is 5. The molecule has 1 aliphatic heterocycles. The van der Waals surface area contributed by atoms with Gasteiger partial charge in [0, 0.05) is 44.0 Å². The first kappa shape index (κ1) is 25.0. The van der Waals surface area contributed by atoms with Crippen LogP contribution >= 0.6 is 7.92 Å². The maximum absolute atomic E-state index is 13.1. The van der Waals surface area contributed by atoms with Crippen molar-refractivity contribution < 1.29 is 17.9 Å². The number of hydrogen-bond acceptors (Lipinski definition) is 6. The zero-order valence-electron chi connectivity index (χ0n) is 18.7. The smallest absolute Gasteiger partial charge is 0.378 e. The minimum atomic E-state index is -4.23. The van der Waals surface area contributed by atoms with E-state index in [-0.39, 0.29) is 12.6 Å². The van der Waals surface area contributed by atoms with Crippen molar-refractivity contribution in [3.63, 3.8) is 0 Å². The maximum Gasteiger partial charge on any atom is 0.408 e. The van der Waals surface area contributed by atoms with E-state index in [1.165, 1.54) is 0 Å². The van der Waals surface area contributed by atoms with Crippen LogP contribution in [0.1, 0.15) is 17.1 Å². The molecule has 0 aromatic carbocycles. The van der Waals surface area contributed by atoms with Crippen molar-refractivity contribution in [1.82, 2.24) is 19.9 Å². The molecule has 1 atom stereocenters. The van der Waals surface area contributed by atoms with Crippen LogP contribution in [0, 0.1) is 13.8 Å². The molecule has 0 N–H and O–H groups in total. The van der Waals surface area contributed by atoms with Crippen LogP contribution in [-0.2, 0) is 11.2 Å². The average Bonchev–Trinajstić information content (AvgIpc) is 2.79. The number of hydrogen-bond donors (Lipinski definition) is 0. The molecule has 3 aromatic rings. The Kier molecular flexibility index (Phi) is 8.69. The summed E-state index contributed by atoms with van der Waals surface area (Å²) < 4.78 is 44.5. The summed E-state index contributed by atoms with van der Waals surface area (Å²) in [6.45, 7) is 9.63. The topological polar surface area (TPSA) is 64.0 Å². The van der Waals surface area contributed by atoms with Gasteiger partial charge in [-0.3, -0.25) is 4.98 Å². The van der Waals surface area contributed by atoms with E-state index < -0.39 is 13.8 Å². The molecule has 0 spiro atoms. The quantitative estimate of drug-likeness (QED) is 0.468. The van der Waals surface area contributed by atoms with Crippen LogP contribution in [0.5, 0.6) is 0 Å². The summed E-state index contributed by atoms with van der Waals surface area (Å²) >= 11 is 0. The van der Waals surface area contributed by atoms with Crippen molar-refractivity contribution in [2.75, 3.05) is 37.4 Å². The van der Waals surface area contributed by atoms with Gasteiger partial charge in [-0.1, -0.05) is 18.5 Å².